The van der Waals surface area contributed by atoms with E-state index >= 15 is 0 Å². The van der Waals surface area contributed by atoms with Gasteiger partial charge in [0.15, 0.2) is 11.1 Å². The molecule has 0 aliphatic rings. The van der Waals surface area contributed by atoms with E-state index in [1.807, 2.05) is 0 Å². The molecule has 0 fully saturated rings. The molecule has 0 amide bonds. The van der Waals surface area contributed by atoms with Gasteiger partial charge < -0.3 is 4.55 Å². The van der Waals surface area contributed by atoms with E-state index < -0.39 is 67.5 Å². The van der Waals surface area contributed by atoms with Crippen LogP contribution in [0, 0.1) is 54.3 Å². The van der Waals surface area contributed by atoms with Crippen LogP contribution in [-0.2, 0) is 52.8 Å². The van der Waals surface area contributed by atoms with Crippen LogP contribution in [0.4, 0.5) is 22.7 Å². The van der Waals surface area contributed by atoms with E-state index in [1.165, 1.54) is 6.92 Å². The molecular weight excluding hydrogens is 605 g/mol. The zero-order chi connectivity index (χ0) is 25.8. The maximum Gasteiger partial charge on any atom is 0.280 e. The summed E-state index contributed by atoms with van der Waals surface area (Å²) in [6.07, 6.45) is 0. The van der Waals surface area contributed by atoms with Crippen LogP contribution in [0.3, 0.4) is 0 Å². The fourth-order valence-corrected chi connectivity index (χ4v) is 3.51. The molecule has 2 aromatic carbocycles. The van der Waals surface area contributed by atoms with Gasteiger partial charge in [-0.25, -0.2) is 12.6 Å². The summed E-state index contributed by atoms with van der Waals surface area (Å²) in [4.78, 5) is 37.9. The Morgan fingerprint density at radius 1 is 0.765 bits per heavy atom. The first-order valence-electron chi connectivity index (χ1n) is 7.91. The van der Waals surface area contributed by atoms with Gasteiger partial charge in [-0.05, 0) is 13.8 Å². The van der Waals surface area contributed by atoms with Crippen molar-refractivity contribution in [1.29, 1.82) is 0 Å². The Morgan fingerprint density at radius 2 is 1.03 bits per heavy atom. The minimum Gasteiger partial charge on any atom is -0.302 e. The second-order valence-electron chi connectivity index (χ2n) is 5.89. The molecule has 0 aliphatic carbocycles. The van der Waals surface area contributed by atoms with Crippen LogP contribution < -0.4 is 0 Å². The topological polar surface area (TPSA) is 244 Å². The molecule has 16 nitrogen and oxygen atoms in total. The monoisotopic (exact) mass is 615 g/mol. The van der Waals surface area contributed by atoms with Gasteiger partial charge in [0.1, 0.15) is 11.1 Å². The Hall–Kier alpha value is -2.51. The van der Waals surface area contributed by atoms with E-state index in [4.69, 9.17) is 15.2 Å². The summed E-state index contributed by atoms with van der Waals surface area (Å²) in [6.45, 7) is 2.36. The number of nitro groups is 4. The molecule has 34 heavy (non-hydrogen) atoms. The molecule has 0 aliphatic heterocycles. The molecule has 0 saturated carbocycles. The van der Waals surface area contributed by atoms with Crippen LogP contribution >= 0.6 is 10.7 Å². The molecule has 181 valence electrons. The standard InChI is InChI=1S/C7H5ClN2O6S.C7H6N2O6S.Y/c1-4-6(9(11)12)2-5(17(8,15)16)3-7(4)10(13)14;1-4-6(8(10)11)2-5(16(14)15)3-7(4)9(12)13;/h2-3H,1H3;2-3H,1H3,(H,14,15);. The first-order valence-corrected chi connectivity index (χ1v) is 11.3. The number of hydrogen-bond donors (Lipinski definition) is 1. The average molecular weight is 616 g/mol. The van der Waals surface area contributed by atoms with Crippen molar-refractivity contribution in [3.8, 4) is 0 Å². The van der Waals surface area contributed by atoms with Gasteiger partial charge in [-0.15, -0.1) is 0 Å². The van der Waals surface area contributed by atoms with Gasteiger partial charge in [-0.2, -0.15) is 0 Å². The van der Waals surface area contributed by atoms with Crippen LogP contribution in [0.1, 0.15) is 11.1 Å². The molecule has 0 saturated heterocycles. The molecule has 0 spiro atoms. The molecule has 1 radical (unpaired) electrons. The molecule has 0 aromatic heterocycles. The number of halogens is 1. The molecule has 1 atom stereocenters. The molecule has 2 rings (SSSR count). The predicted octanol–water partition coefficient (Wildman–Crippen LogP) is 3.13. The second-order valence-corrected chi connectivity index (χ2v) is 9.42. The molecule has 1 N–H and O–H groups in total. The Balaban J connectivity index is 0.000000623. The van der Waals surface area contributed by atoms with Gasteiger partial charge in [0.2, 0.25) is 0 Å². The smallest absolute Gasteiger partial charge is 0.280 e. The second kappa shape index (κ2) is 12.3. The summed E-state index contributed by atoms with van der Waals surface area (Å²) in [5.74, 6) is 0. The summed E-state index contributed by atoms with van der Waals surface area (Å²) in [7, 11) is 0.723. The summed E-state index contributed by atoms with van der Waals surface area (Å²) in [6, 6.07) is 3.06. The fraction of sp³-hybridized carbons (Fsp3) is 0.143. The van der Waals surface area contributed by atoms with E-state index in [1.54, 1.807) is 0 Å². The van der Waals surface area contributed by atoms with Gasteiger partial charge in [-0.3, -0.25) is 40.5 Å². The Kier molecular flexibility index (Phi) is 11.4. The minimum atomic E-state index is -4.27. The van der Waals surface area contributed by atoms with Crippen molar-refractivity contribution in [3.63, 3.8) is 0 Å². The maximum absolute atomic E-state index is 11.0. The fourth-order valence-electron chi connectivity index (χ4n) is 2.32. The first-order chi connectivity index (χ1) is 15.0. The van der Waals surface area contributed by atoms with Crippen molar-refractivity contribution >= 4 is 53.6 Å². The number of nitrogens with zero attached hydrogens (tertiary/aromatic N) is 4. The van der Waals surface area contributed by atoms with E-state index in [0.717, 1.165) is 19.1 Å². The largest absolute Gasteiger partial charge is 0.302 e. The molecule has 2 aromatic rings. The molecule has 0 bridgehead atoms. The Morgan fingerprint density at radius 3 is 1.24 bits per heavy atom. The van der Waals surface area contributed by atoms with E-state index in [2.05, 4.69) is 0 Å². The SMILES string of the molecule is Cc1c([N+](=O)[O-])cc(S(=O)(=O)Cl)cc1[N+](=O)[O-].Cc1c([N+](=O)[O-])cc(S(=O)O)cc1[N+](=O)[O-].[Y]. The van der Waals surface area contributed by atoms with Crippen LogP contribution in [0.5, 0.6) is 0 Å². The number of rotatable bonds is 6. The van der Waals surface area contributed by atoms with Crippen molar-refractivity contribution in [2.45, 2.75) is 23.6 Å². The maximum atomic E-state index is 11.0. The van der Waals surface area contributed by atoms with Crippen molar-refractivity contribution in [2.75, 3.05) is 0 Å². The van der Waals surface area contributed by atoms with E-state index in [0.29, 0.717) is 12.1 Å². The molecular formula is C14H11ClN4O12S2Y. The number of hydrogen-bond acceptors (Lipinski definition) is 11. The number of nitro benzene ring substituents is 4. The van der Waals surface area contributed by atoms with Crippen molar-refractivity contribution in [3.05, 3.63) is 75.8 Å². The van der Waals surface area contributed by atoms with Gasteiger partial charge in [0.25, 0.3) is 31.8 Å². The predicted molar refractivity (Wildman–Crippen MR) is 111 cm³/mol. The quantitative estimate of drug-likeness (QED) is 0.213. The van der Waals surface area contributed by atoms with E-state index in [9.17, 15) is 53.1 Å². The van der Waals surface area contributed by atoms with Gasteiger partial charge in [0.05, 0.1) is 29.5 Å². The summed E-state index contributed by atoms with van der Waals surface area (Å²) in [5.41, 5.74) is -2.82. The first kappa shape index (κ1) is 31.5. The molecule has 1 unspecified atom stereocenters. The van der Waals surface area contributed by atoms with E-state index in [-0.39, 0.29) is 48.7 Å². The van der Waals surface area contributed by atoms with Crippen molar-refractivity contribution in [1.82, 2.24) is 0 Å². The van der Waals surface area contributed by atoms with Crippen LogP contribution in [0.15, 0.2) is 34.1 Å². The van der Waals surface area contributed by atoms with Crippen molar-refractivity contribution in [2.24, 2.45) is 0 Å². The average Bonchev–Trinajstić information content (AvgIpc) is 2.66. The summed E-state index contributed by atoms with van der Waals surface area (Å²) >= 11 is -2.50. The Bertz CT molecular complexity index is 1250. The zero-order valence-corrected chi connectivity index (χ0v) is 22.0. The molecule has 0 heterocycles. The number of benzene rings is 2. The van der Waals surface area contributed by atoms with Crippen molar-refractivity contribution < 1.29 is 69.6 Å². The summed E-state index contributed by atoms with van der Waals surface area (Å²) in [5, 5.41) is 42.4. The van der Waals surface area contributed by atoms with Crippen LogP contribution in [-0.4, -0.2) is 36.9 Å². The summed E-state index contributed by atoms with van der Waals surface area (Å²) < 4.78 is 41.5. The van der Waals surface area contributed by atoms with Crippen LogP contribution in [0.25, 0.3) is 0 Å². The van der Waals surface area contributed by atoms with Gasteiger partial charge in [-0.1, -0.05) is 0 Å². The molecule has 20 heteroatoms. The third kappa shape index (κ3) is 7.78. The Labute approximate surface area is 221 Å². The third-order valence-corrected chi connectivity index (χ3v) is 5.89. The van der Waals surface area contributed by atoms with Crippen LogP contribution in [0.2, 0.25) is 0 Å². The van der Waals surface area contributed by atoms with Gasteiger partial charge >= 0.3 is 0 Å². The third-order valence-electron chi connectivity index (χ3n) is 3.92. The minimum absolute atomic E-state index is 0. The zero-order valence-electron chi connectivity index (χ0n) is 16.8. The van der Waals surface area contributed by atoms with Gasteiger partial charge in [0, 0.05) is 67.7 Å². The normalized spacial score (nSPS) is 11.3.